The molecule has 232 valence electrons. The van der Waals surface area contributed by atoms with E-state index in [4.69, 9.17) is 0 Å². The van der Waals surface area contributed by atoms with Crippen LogP contribution in [0.5, 0.6) is 0 Å². The number of allylic oxidation sites excluding steroid dienone is 8. The summed E-state index contributed by atoms with van der Waals surface area (Å²) in [4.78, 5) is 4.65. The van der Waals surface area contributed by atoms with Crippen LogP contribution in [0.2, 0.25) is 0 Å². The number of rotatable bonds is 8. The Balaban J connectivity index is 1.29. The molecule has 0 aliphatic heterocycles. The van der Waals surface area contributed by atoms with E-state index in [1.165, 1.54) is 84.1 Å². The molecule has 1 heterocycles. The van der Waals surface area contributed by atoms with Crippen molar-refractivity contribution in [3.63, 3.8) is 0 Å². The van der Waals surface area contributed by atoms with Crippen molar-refractivity contribution in [3.05, 3.63) is 168 Å². The maximum absolute atomic E-state index is 4.65. The Hall–Kier alpha value is -5.01. The van der Waals surface area contributed by atoms with Crippen molar-refractivity contribution in [2.45, 2.75) is 58.3 Å². The number of benzene rings is 5. The summed E-state index contributed by atoms with van der Waals surface area (Å²) >= 11 is 0. The first-order valence-corrected chi connectivity index (χ1v) is 17.2. The van der Waals surface area contributed by atoms with E-state index in [0.29, 0.717) is 11.8 Å². The molecule has 6 aromatic rings. The van der Waals surface area contributed by atoms with Crippen molar-refractivity contribution in [1.82, 2.24) is 4.98 Å². The topological polar surface area (TPSA) is 12.9 Å². The summed E-state index contributed by atoms with van der Waals surface area (Å²) < 4.78 is 0. The zero-order chi connectivity index (χ0) is 32.2. The Kier molecular flexibility index (Phi) is 8.98. The highest BCUT2D eigenvalue weighted by molar-refractivity contribution is 6.20. The molecule has 47 heavy (non-hydrogen) atoms. The summed E-state index contributed by atoms with van der Waals surface area (Å²) in [5.74, 6) is 1.000. The molecule has 0 fully saturated rings. The average Bonchev–Trinajstić information content (AvgIpc) is 3.13. The monoisotopic (exact) mass is 609 g/mol. The molecular weight excluding hydrogens is 567 g/mol. The molecule has 0 amide bonds. The van der Waals surface area contributed by atoms with E-state index in [-0.39, 0.29) is 0 Å². The molecule has 1 heteroatoms. The fraction of sp³-hybridized carbons (Fsp3) is 0.196. The molecule has 0 N–H and O–H groups in total. The molecular formula is C46H43N. The van der Waals surface area contributed by atoms with Crippen molar-refractivity contribution >= 4 is 37.9 Å². The van der Waals surface area contributed by atoms with E-state index >= 15 is 0 Å². The molecule has 1 nitrogen and oxygen atoms in total. The smallest absolute Gasteiger partial charge is 0.0303 e. The predicted molar refractivity (Wildman–Crippen MR) is 204 cm³/mol. The minimum absolute atomic E-state index is 0.402. The highest BCUT2D eigenvalue weighted by Crippen LogP contribution is 2.43. The lowest BCUT2D eigenvalue weighted by Crippen LogP contribution is -2.03. The second kappa shape index (κ2) is 13.8. The van der Waals surface area contributed by atoms with Gasteiger partial charge >= 0.3 is 0 Å². The normalized spacial score (nSPS) is 16.4. The summed E-state index contributed by atoms with van der Waals surface area (Å²) in [7, 11) is 0. The fourth-order valence-corrected chi connectivity index (χ4v) is 7.39. The number of fused-ring (bicyclic) bond motifs is 3. The number of aromatic nitrogens is 1. The van der Waals surface area contributed by atoms with Gasteiger partial charge in [0, 0.05) is 12.4 Å². The minimum Gasteiger partial charge on any atom is -0.264 e. The Morgan fingerprint density at radius 2 is 1.49 bits per heavy atom. The molecule has 2 unspecified atom stereocenters. The van der Waals surface area contributed by atoms with Crippen LogP contribution < -0.4 is 0 Å². The van der Waals surface area contributed by atoms with E-state index in [2.05, 4.69) is 172 Å². The van der Waals surface area contributed by atoms with Crippen LogP contribution in [-0.4, -0.2) is 4.98 Å². The van der Waals surface area contributed by atoms with Crippen molar-refractivity contribution in [1.29, 1.82) is 0 Å². The van der Waals surface area contributed by atoms with Gasteiger partial charge in [0.15, 0.2) is 0 Å². The molecule has 5 aromatic carbocycles. The van der Waals surface area contributed by atoms with Crippen LogP contribution in [-0.2, 0) is 0 Å². The lowest BCUT2D eigenvalue weighted by Gasteiger charge is -2.20. The summed E-state index contributed by atoms with van der Waals surface area (Å²) in [6.07, 6.45) is 22.4. The third-order valence-electron chi connectivity index (χ3n) is 9.94. The molecule has 1 aliphatic carbocycles. The minimum atomic E-state index is 0.402. The van der Waals surface area contributed by atoms with E-state index in [0.717, 1.165) is 12.8 Å². The lowest BCUT2D eigenvalue weighted by molar-refractivity contribution is 0.612. The molecule has 0 bridgehead atoms. The number of nitrogens with zero attached hydrogens (tertiary/aromatic N) is 1. The Morgan fingerprint density at radius 3 is 2.19 bits per heavy atom. The second-order valence-electron chi connectivity index (χ2n) is 13.1. The maximum atomic E-state index is 4.65. The van der Waals surface area contributed by atoms with E-state index < -0.39 is 0 Å². The van der Waals surface area contributed by atoms with Gasteiger partial charge in [0.2, 0.25) is 0 Å². The fourth-order valence-electron chi connectivity index (χ4n) is 7.39. The third kappa shape index (κ3) is 6.23. The summed E-state index contributed by atoms with van der Waals surface area (Å²) in [6.45, 7) is 6.70. The van der Waals surface area contributed by atoms with Gasteiger partial charge in [-0.2, -0.15) is 0 Å². The Labute approximate surface area is 279 Å². The quantitative estimate of drug-likeness (QED) is 0.0950. The van der Waals surface area contributed by atoms with Gasteiger partial charge in [0.05, 0.1) is 0 Å². The molecule has 2 atom stereocenters. The van der Waals surface area contributed by atoms with Crippen LogP contribution in [0.25, 0.3) is 49.0 Å². The highest BCUT2D eigenvalue weighted by Gasteiger charge is 2.18. The molecule has 0 spiro atoms. The van der Waals surface area contributed by atoms with Gasteiger partial charge in [-0.15, -0.1) is 0 Å². The van der Waals surface area contributed by atoms with Crippen molar-refractivity contribution in [2.24, 2.45) is 0 Å². The number of hydrogen-bond acceptors (Lipinski definition) is 1. The Bertz CT molecular complexity index is 2130. The predicted octanol–water partition coefficient (Wildman–Crippen LogP) is 13.1. The largest absolute Gasteiger partial charge is 0.264 e. The molecule has 1 aromatic heterocycles. The first kappa shape index (κ1) is 30.6. The zero-order valence-corrected chi connectivity index (χ0v) is 27.8. The molecule has 0 saturated carbocycles. The van der Waals surface area contributed by atoms with E-state index in [1.54, 1.807) is 0 Å². The lowest BCUT2D eigenvalue weighted by atomic mass is 9.84. The van der Waals surface area contributed by atoms with E-state index in [1.807, 2.05) is 0 Å². The standard InChI is InChI=1S/C46H43N/c1-4-15-40(33(3)17-14-16-32(2)38-29-39(31-47-30-38)34-18-6-5-7-19-34)46-43-24-12-10-22-41(43)45(42-23-11-13-25-44(42)46)37-27-26-35-20-8-9-21-36(35)28-37/h4-6,8-15,17,20-32,34H,7,16,18-19H2,1-3H3/b15-4-,17-14-,40-33-. The summed E-state index contributed by atoms with van der Waals surface area (Å²) in [5.41, 5.74) is 9.11. The van der Waals surface area contributed by atoms with Crippen LogP contribution in [0.15, 0.2) is 151 Å². The van der Waals surface area contributed by atoms with Gasteiger partial charge in [-0.05, 0) is 129 Å². The summed E-state index contributed by atoms with van der Waals surface area (Å²) in [6, 6.07) is 35.8. The van der Waals surface area contributed by atoms with Gasteiger partial charge < -0.3 is 0 Å². The van der Waals surface area contributed by atoms with E-state index in [9.17, 15) is 0 Å². The highest BCUT2D eigenvalue weighted by atomic mass is 14.6. The first-order valence-electron chi connectivity index (χ1n) is 17.2. The van der Waals surface area contributed by atoms with Crippen molar-refractivity contribution in [3.8, 4) is 11.1 Å². The maximum Gasteiger partial charge on any atom is 0.0303 e. The molecule has 0 saturated heterocycles. The van der Waals surface area contributed by atoms with Crippen LogP contribution in [0.4, 0.5) is 0 Å². The van der Waals surface area contributed by atoms with Crippen LogP contribution in [0, 0.1) is 0 Å². The van der Waals surface area contributed by atoms with Crippen LogP contribution in [0.3, 0.4) is 0 Å². The van der Waals surface area contributed by atoms with Gasteiger partial charge in [-0.3, -0.25) is 4.98 Å². The average molecular weight is 610 g/mol. The summed E-state index contributed by atoms with van der Waals surface area (Å²) in [5, 5.41) is 7.66. The number of pyridine rings is 1. The van der Waals surface area contributed by atoms with Gasteiger partial charge in [0.1, 0.15) is 0 Å². The van der Waals surface area contributed by atoms with Gasteiger partial charge in [-0.25, -0.2) is 0 Å². The van der Waals surface area contributed by atoms with Crippen LogP contribution in [0.1, 0.15) is 75.0 Å². The molecule has 7 rings (SSSR count). The Morgan fingerprint density at radius 1 is 0.787 bits per heavy atom. The molecule has 0 radical (unpaired) electrons. The number of hydrogen-bond donors (Lipinski definition) is 0. The third-order valence-corrected chi connectivity index (χ3v) is 9.94. The van der Waals surface area contributed by atoms with Crippen molar-refractivity contribution in [2.75, 3.05) is 0 Å². The van der Waals surface area contributed by atoms with Gasteiger partial charge in [0.25, 0.3) is 0 Å². The van der Waals surface area contributed by atoms with Crippen LogP contribution >= 0.6 is 0 Å². The van der Waals surface area contributed by atoms with Gasteiger partial charge in [-0.1, -0.05) is 134 Å². The molecule has 1 aliphatic rings. The first-order chi connectivity index (χ1) is 23.1. The van der Waals surface area contributed by atoms with Crippen molar-refractivity contribution < 1.29 is 0 Å². The zero-order valence-electron chi connectivity index (χ0n) is 27.8. The SMILES string of the molecule is C\C=C/C(=C(C)/C=C\CC(C)c1cncc(C2CC=CCC2)c1)c1c2ccccc2c(-c2ccc3ccccc3c2)c2ccccc12. The second-order valence-corrected chi connectivity index (χ2v) is 13.1.